The lowest BCUT2D eigenvalue weighted by molar-refractivity contribution is 0.0248. The molecule has 3 rings (SSSR count). The third-order valence-electron chi connectivity index (χ3n) is 3.88. The van der Waals surface area contributed by atoms with E-state index in [4.69, 9.17) is 9.47 Å². The second kappa shape index (κ2) is 9.35. The van der Waals surface area contributed by atoms with E-state index in [0.29, 0.717) is 38.1 Å². The Balaban J connectivity index is 1.75. The predicted octanol–water partition coefficient (Wildman–Crippen LogP) is 2.77. The summed E-state index contributed by atoms with van der Waals surface area (Å²) in [6.07, 6.45) is 0.985. The molecule has 1 N–H and O–H groups in total. The summed E-state index contributed by atoms with van der Waals surface area (Å²) in [6.45, 7) is 8.39. The van der Waals surface area contributed by atoms with Gasteiger partial charge < -0.3 is 19.5 Å². The molecule has 1 aliphatic rings. The molecule has 0 atom stereocenters. The van der Waals surface area contributed by atoms with Crippen LogP contribution in [0.5, 0.6) is 6.01 Å². The molecular formula is C18H26N6O3S. The van der Waals surface area contributed by atoms with Crippen molar-refractivity contribution in [3.8, 4) is 6.01 Å². The highest BCUT2D eigenvalue weighted by Gasteiger charge is 2.19. The second-order valence-corrected chi connectivity index (χ2v) is 8.17. The van der Waals surface area contributed by atoms with Crippen LogP contribution in [0.15, 0.2) is 22.4 Å². The first-order valence-electron chi connectivity index (χ1n) is 9.32. The third-order valence-corrected chi connectivity index (χ3v) is 4.99. The molecule has 0 aromatic carbocycles. The lowest BCUT2D eigenvalue weighted by Crippen LogP contribution is -2.37. The minimum atomic E-state index is -0.984. The summed E-state index contributed by atoms with van der Waals surface area (Å²) in [5.41, 5.74) is -0.984. The van der Waals surface area contributed by atoms with Gasteiger partial charge in [0.15, 0.2) is 5.82 Å². The van der Waals surface area contributed by atoms with Gasteiger partial charge in [-0.15, -0.1) is 16.5 Å². The van der Waals surface area contributed by atoms with Crippen LogP contribution in [0.25, 0.3) is 0 Å². The van der Waals surface area contributed by atoms with Crippen LogP contribution in [0.2, 0.25) is 0 Å². The predicted molar refractivity (Wildman–Crippen MR) is 107 cm³/mol. The van der Waals surface area contributed by atoms with E-state index < -0.39 is 5.60 Å². The number of aliphatic hydroxyl groups is 1. The highest BCUT2D eigenvalue weighted by atomic mass is 32.1. The molecule has 0 amide bonds. The summed E-state index contributed by atoms with van der Waals surface area (Å²) in [5, 5.41) is 19.2. The van der Waals surface area contributed by atoms with Crippen molar-refractivity contribution in [2.45, 2.75) is 39.3 Å². The van der Waals surface area contributed by atoms with Crippen LogP contribution >= 0.6 is 11.3 Å². The quantitative estimate of drug-likeness (QED) is 0.672. The number of aromatic nitrogens is 3. The molecule has 2 aromatic heterocycles. The smallest absolute Gasteiger partial charge is 0.321 e. The van der Waals surface area contributed by atoms with Crippen molar-refractivity contribution >= 4 is 22.3 Å². The number of anilines is 1. The average Bonchev–Trinajstić information content (AvgIpc) is 3.14. The maximum Gasteiger partial charge on any atom is 0.321 e. The number of rotatable bonds is 8. The van der Waals surface area contributed by atoms with Gasteiger partial charge in [-0.25, -0.2) is 0 Å². The van der Waals surface area contributed by atoms with E-state index in [-0.39, 0.29) is 19.2 Å². The molecule has 0 spiro atoms. The van der Waals surface area contributed by atoms with Gasteiger partial charge in [-0.2, -0.15) is 20.1 Å². The Morgan fingerprint density at radius 1 is 1.25 bits per heavy atom. The number of nitrogens with zero attached hydrogens (tertiary/aromatic N) is 6. The molecule has 152 valence electrons. The summed E-state index contributed by atoms with van der Waals surface area (Å²) < 4.78 is 11.0. The van der Waals surface area contributed by atoms with Crippen LogP contribution in [-0.4, -0.2) is 58.6 Å². The number of hydrogen-bond donors (Lipinski definition) is 1. The largest absolute Gasteiger partial charge is 0.460 e. The van der Waals surface area contributed by atoms with Gasteiger partial charge in [0.05, 0.1) is 18.8 Å². The molecule has 0 unspecified atom stereocenters. The molecule has 0 saturated carbocycles. The SMILES string of the molecule is CCc1ccc(N=NCc2nc(OCC(C)(C)O)nc(N3CCOCC3)n2)s1. The molecule has 3 heterocycles. The molecule has 10 heteroatoms. The summed E-state index contributed by atoms with van der Waals surface area (Å²) in [6, 6.07) is 4.19. The lowest BCUT2D eigenvalue weighted by atomic mass is 10.2. The van der Waals surface area contributed by atoms with Gasteiger partial charge in [0, 0.05) is 18.0 Å². The summed E-state index contributed by atoms with van der Waals surface area (Å²) in [7, 11) is 0. The first-order valence-corrected chi connectivity index (χ1v) is 10.1. The van der Waals surface area contributed by atoms with Crippen LogP contribution < -0.4 is 9.64 Å². The summed E-state index contributed by atoms with van der Waals surface area (Å²) in [5.74, 6) is 0.997. The molecule has 0 aliphatic carbocycles. The molecule has 0 radical (unpaired) electrons. The third kappa shape index (κ3) is 6.18. The van der Waals surface area contributed by atoms with Crippen molar-refractivity contribution < 1.29 is 14.6 Å². The fourth-order valence-electron chi connectivity index (χ4n) is 2.45. The summed E-state index contributed by atoms with van der Waals surface area (Å²) >= 11 is 1.62. The molecular weight excluding hydrogens is 380 g/mol. The van der Waals surface area contributed by atoms with Crippen molar-refractivity contribution in [2.24, 2.45) is 10.2 Å². The van der Waals surface area contributed by atoms with E-state index in [9.17, 15) is 5.11 Å². The zero-order chi connectivity index (χ0) is 20.0. The first-order chi connectivity index (χ1) is 13.4. The normalized spacial score (nSPS) is 15.4. The van der Waals surface area contributed by atoms with Crippen molar-refractivity contribution in [3.63, 3.8) is 0 Å². The zero-order valence-electron chi connectivity index (χ0n) is 16.5. The molecule has 1 aliphatic heterocycles. The van der Waals surface area contributed by atoms with E-state index in [1.807, 2.05) is 11.0 Å². The number of aryl methyl sites for hydroxylation is 1. The number of thiophene rings is 1. The van der Waals surface area contributed by atoms with Crippen LogP contribution in [0.3, 0.4) is 0 Å². The van der Waals surface area contributed by atoms with E-state index in [1.165, 1.54) is 4.88 Å². The van der Waals surface area contributed by atoms with Crippen LogP contribution in [-0.2, 0) is 17.7 Å². The molecule has 2 aromatic rings. The standard InChI is InChI=1S/C18H26N6O3S/c1-4-13-5-6-15(28-13)23-19-11-14-20-16(24-7-9-26-10-8-24)22-17(21-14)27-12-18(2,3)25/h5-6,25H,4,7-12H2,1-3H3. The Morgan fingerprint density at radius 2 is 2.04 bits per heavy atom. The zero-order valence-corrected chi connectivity index (χ0v) is 17.3. The minimum Gasteiger partial charge on any atom is -0.460 e. The first kappa shape index (κ1) is 20.6. The fourth-order valence-corrected chi connectivity index (χ4v) is 3.23. The average molecular weight is 407 g/mol. The minimum absolute atomic E-state index is 0.0789. The Morgan fingerprint density at radius 3 is 2.71 bits per heavy atom. The highest BCUT2D eigenvalue weighted by Crippen LogP contribution is 2.25. The van der Waals surface area contributed by atoms with Gasteiger partial charge in [-0.3, -0.25) is 0 Å². The van der Waals surface area contributed by atoms with Crippen molar-refractivity contribution in [1.82, 2.24) is 15.0 Å². The van der Waals surface area contributed by atoms with E-state index in [0.717, 1.165) is 11.4 Å². The van der Waals surface area contributed by atoms with Crippen LogP contribution in [0.4, 0.5) is 10.9 Å². The van der Waals surface area contributed by atoms with E-state index in [2.05, 4.69) is 38.2 Å². The van der Waals surface area contributed by atoms with E-state index in [1.54, 1.807) is 25.2 Å². The molecule has 1 fully saturated rings. The Kier molecular flexibility index (Phi) is 6.87. The number of morpholine rings is 1. The Bertz CT molecular complexity index is 799. The van der Waals surface area contributed by atoms with Crippen molar-refractivity contribution in [2.75, 3.05) is 37.8 Å². The van der Waals surface area contributed by atoms with Gasteiger partial charge in [0.1, 0.15) is 18.2 Å². The number of ether oxygens (including phenoxy) is 2. The van der Waals surface area contributed by atoms with Crippen molar-refractivity contribution in [1.29, 1.82) is 0 Å². The topological polar surface area (TPSA) is 105 Å². The molecule has 9 nitrogen and oxygen atoms in total. The maximum atomic E-state index is 9.90. The number of hydrogen-bond acceptors (Lipinski definition) is 10. The lowest BCUT2D eigenvalue weighted by Gasteiger charge is -2.27. The van der Waals surface area contributed by atoms with Gasteiger partial charge in [-0.1, -0.05) is 6.92 Å². The Labute approximate surface area is 168 Å². The van der Waals surface area contributed by atoms with Gasteiger partial charge in [-0.05, 0) is 32.4 Å². The van der Waals surface area contributed by atoms with E-state index >= 15 is 0 Å². The molecule has 28 heavy (non-hydrogen) atoms. The fraction of sp³-hybridized carbons (Fsp3) is 0.611. The molecule has 0 bridgehead atoms. The van der Waals surface area contributed by atoms with Crippen molar-refractivity contribution in [3.05, 3.63) is 22.8 Å². The van der Waals surface area contributed by atoms with Crippen LogP contribution in [0, 0.1) is 0 Å². The monoisotopic (exact) mass is 406 g/mol. The van der Waals surface area contributed by atoms with Gasteiger partial charge in [0.2, 0.25) is 5.95 Å². The maximum absolute atomic E-state index is 9.90. The molecule has 1 saturated heterocycles. The highest BCUT2D eigenvalue weighted by molar-refractivity contribution is 7.15. The Hall–Kier alpha value is -2.17. The summed E-state index contributed by atoms with van der Waals surface area (Å²) in [4.78, 5) is 16.5. The van der Waals surface area contributed by atoms with Gasteiger partial charge >= 0.3 is 6.01 Å². The number of azo groups is 1. The van der Waals surface area contributed by atoms with Crippen LogP contribution in [0.1, 0.15) is 31.5 Å². The second-order valence-electron chi connectivity index (χ2n) is 7.03. The van der Waals surface area contributed by atoms with Gasteiger partial charge in [0.25, 0.3) is 0 Å².